The Labute approximate surface area is 130 Å². The first-order valence-electron chi connectivity index (χ1n) is 7.72. The maximum absolute atomic E-state index is 12.0. The van der Waals surface area contributed by atoms with Gasteiger partial charge in [0.2, 0.25) is 0 Å². The molecule has 1 aliphatic carbocycles. The molecule has 0 aromatic rings. The molecule has 0 N–H and O–H groups in total. The Morgan fingerprint density at radius 1 is 1.50 bits per heavy atom. The lowest BCUT2D eigenvalue weighted by Crippen LogP contribution is -2.35. The third-order valence-electron chi connectivity index (χ3n) is 4.87. The van der Waals surface area contributed by atoms with Crippen molar-refractivity contribution in [1.82, 2.24) is 0 Å². The molecule has 5 nitrogen and oxygen atoms in total. The van der Waals surface area contributed by atoms with Crippen LogP contribution in [0.4, 0.5) is 0 Å². The van der Waals surface area contributed by atoms with Gasteiger partial charge in [-0.2, -0.15) is 0 Å². The summed E-state index contributed by atoms with van der Waals surface area (Å²) in [5, 5.41) is 0. The Kier molecular flexibility index (Phi) is 3.63. The highest BCUT2D eigenvalue weighted by Gasteiger charge is 2.57. The Hall–Kier alpha value is -1.62. The first kappa shape index (κ1) is 15.3. The van der Waals surface area contributed by atoms with Crippen molar-refractivity contribution in [3.05, 3.63) is 23.8 Å². The molecule has 2 fully saturated rings. The zero-order valence-electron chi connectivity index (χ0n) is 13.3. The lowest BCUT2D eigenvalue weighted by atomic mass is 9.83. The number of hydrogen-bond acceptors (Lipinski definition) is 5. The van der Waals surface area contributed by atoms with Crippen molar-refractivity contribution in [2.75, 3.05) is 0 Å². The fourth-order valence-corrected chi connectivity index (χ4v) is 3.58. The maximum Gasteiger partial charge on any atom is 0.334 e. The minimum absolute atomic E-state index is 0.203. The molecule has 0 aromatic heterocycles. The maximum atomic E-state index is 12.0. The van der Waals surface area contributed by atoms with Crippen LogP contribution in [-0.2, 0) is 23.8 Å². The van der Waals surface area contributed by atoms with Crippen molar-refractivity contribution >= 4 is 11.9 Å². The number of hydrogen-bond donors (Lipinski definition) is 0. The number of ether oxygens (including phenoxy) is 3. The molecule has 3 aliphatic rings. The second-order valence-corrected chi connectivity index (χ2v) is 6.74. The van der Waals surface area contributed by atoms with Crippen LogP contribution in [0.1, 0.15) is 40.0 Å². The van der Waals surface area contributed by atoms with Crippen LogP contribution in [-0.4, -0.2) is 35.9 Å². The van der Waals surface area contributed by atoms with Crippen LogP contribution in [0.15, 0.2) is 23.8 Å². The summed E-state index contributed by atoms with van der Waals surface area (Å²) in [6, 6.07) is 0. The molecular formula is C17H22O5. The standard InChI is InChI=1S/C17H22O5/c1-9-5-6-14-17(4,22-14)8-13-15(10(2)16(19)21-13)12(7-9)20-11(3)18/h7,12-15H,2,5-6,8H2,1,3-4H3/b9-7+. The Morgan fingerprint density at radius 3 is 2.91 bits per heavy atom. The molecule has 0 bridgehead atoms. The predicted octanol–water partition coefficient (Wildman–Crippen LogP) is 2.30. The van der Waals surface area contributed by atoms with E-state index in [1.165, 1.54) is 6.92 Å². The lowest BCUT2D eigenvalue weighted by molar-refractivity contribution is -0.147. The fourth-order valence-electron chi connectivity index (χ4n) is 3.58. The normalized spacial score (nSPS) is 43.3. The van der Waals surface area contributed by atoms with Crippen molar-refractivity contribution < 1.29 is 23.8 Å². The topological polar surface area (TPSA) is 65.1 Å². The van der Waals surface area contributed by atoms with Gasteiger partial charge >= 0.3 is 11.9 Å². The first-order chi connectivity index (χ1) is 10.3. The summed E-state index contributed by atoms with van der Waals surface area (Å²) in [7, 11) is 0. The summed E-state index contributed by atoms with van der Waals surface area (Å²) >= 11 is 0. The van der Waals surface area contributed by atoms with Gasteiger partial charge in [0.05, 0.1) is 17.6 Å². The number of epoxide rings is 1. The Bertz CT molecular complexity index is 563. The number of carbonyl (C=O) groups excluding carboxylic acids is 2. The number of esters is 2. The number of fused-ring (bicyclic) bond motifs is 2. The zero-order valence-corrected chi connectivity index (χ0v) is 13.3. The highest BCUT2D eigenvalue weighted by molar-refractivity contribution is 5.91. The number of carbonyl (C=O) groups is 2. The highest BCUT2D eigenvalue weighted by Crippen LogP contribution is 2.48. The molecule has 120 valence electrons. The molecule has 0 amide bonds. The van der Waals surface area contributed by atoms with Crippen molar-refractivity contribution in [1.29, 1.82) is 0 Å². The molecule has 2 heterocycles. The highest BCUT2D eigenvalue weighted by atomic mass is 16.6. The van der Waals surface area contributed by atoms with Crippen LogP contribution in [0, 0.1) is 5.92 Å². The van der Waals surface area contributed by atoms with E-state index in [1.54, 1.807) is 0 Å². The molecule has 0 saturated carbocycles. The van der Waals surface area contributed by atoms with Gasteiger partial charge in [-0.05, 0) is 32.8 Å². The van der Waals surface area contributed by atoms with E-state index in [1.807, 2.05) is 19.9 Å². The van der Waals surface area contributed by atoms with E-state index in [9.17, 15) is 9.59 Å². The Morgan fingerprint density at radius 2 is 2.23 bits per heavy atom. The molecule has 5 unspecified atom stereocenters. The second kappa shape index (κ2) is 5.23. The van der Waals surface area contributed by atoms with E-state index in [4.69, 9.17) is 14.2 Å². The van der Waals surface area contributed by atoms with Crippen LogP contribution in [0.3, 0.4) is 0 Å². The van der Waals surface area contributed by atoms with Crippen LogP contribution in [0.25, 0.3) is 0 Å². The van der Waals surface area contributed by atoms with Gasteiger partial charge in [-0.25, -0.2) is 4.79 Å². The van der Waals surface area contributed by atoms with Crippen LogP contribution in [0.5, 0.6) is 0 Å². The van der Waals surface area contributed by atoms with Gasteiger partial charge in [0, 0.05) is 18.9 Å². The van der Waals surface area contributed by atoms with Gasteiger partial charge in [0.25, 0.3) is 0 Å². The quantitative estimate of drug-likeness (QED) is 0.322. The van der Waals surface area contributed by atoms with Crippen molar-refractivity contribution in [3.63, 3.8) is 0 Å². The van der Waals surface area contributed by atoms with Gasteiger partial charge in [-0.3, -0.25) is 4.79 Å². The zero-order chi connectivity index (χ0) is 16.1. The smallest absolute Gasteiger partial charge is 0.334 e. The summed E-state index contributed by atoms with van der Waals surface area (Å²) in [6.07, 6.45) is 3.68. The molecule has 5 atom stereocenters. The lowest BCUT2D eigenvalue weighted by Gasteiger charge is -2.27. The predicted molar refractivity (Wildman–Crippen MR) is 79.0 cm³/mol. The first-order valence-corrected chi connectivity index (χ1v) is 7.72. The minimum atomic E-state index is -0.514. The fraction of sp³-hybridized carbons (Fsp3) is 0.647. The van der Waals surface area contributed by atoms with Crippen LogP contribution in [0.2, 0.25) is 0 Å². The molecule has 0 aromatic carbocycles. The van der Waals surface area contributed by atoms with Crippen molar-refractivity contribution in [2.45, 2.75) is 63.9 Å². The summed E-state index contributed by atoms with van der Waals surface area (Å²) in [4.78, 5) is 23.4. The molecule has 3 rings (SSSR count). The Balaban J connectivity index is 1.95. The summed E-state index contributed by atoms with van der Waals surface area (Å²) in [6.45, 7) is 9.28. The summed E-state index contributed by atoms with van der Waals surface area (Å²) in [5.41, 5.74) is 1.24. The molecule has 0 radical (unpaired) electrons. The van der Waals surface area contributed by atoms with E-state index < -0.39 is 12.1 Å². The number of allylic oxidation sites excluding steroid dienone is 1. The molecule has 5 heteroatoms. The molecule has 2 saturated heterocycles. The molecule has 0 spiro atoms. The van der Waals surface area contributed by atoms with E-state index in [0.29, 0.717) is 12.0 Å². The van der Waals surface area contributed by atoms with Crippen molar-refractivity contribution in [2.24, 2.45) is 5.92 Å². The number of rotatable bonds is 1. The summed E-state index contributed by atoms with van der Waals surface area (Å²) in [5.74, 6) is -1.12. The molecular weight excluding hydrogens is 284 g/mol. The summed E-state index contributed by atoms with van der Waals surface area (Å²) < 4.78 is 16.8. The van der Waals surface area contributed by atoms with Crippen LogP contribution >= 0.6 is 0 Å². The average molecular weight is 306 g/mol. The molecule has 2 aliphatic heterocycles. The average Bonchev–Trinajstić information content (AvgIpc) is 2.96. The monoisotopic (exact) mass is 306 g/mol. The van der Waals surface area contributed by atoms with Crippen LogP contribution < -0.4 is 0 Å². The van der Waals surface area contributed by atoms with E-state index in [-0.39, 0.29) is 29.7 Å². The van der Waals surface area contributed by atoms with Gasteiger partial charge in [0.1, 0.15) is 12.2 Å². The largest absolute Gasteiger partial charge is 0.458 e. The SMILES string of the molecule is C=C1C(=O)OC2CC3(C)OC3CC/C(C)=C/C(OC(C)=O)C12. The van der Waals surface area contributed by atoms with Crippen molar-refractivity contribution in [3.8, 4) is 0 Å². The van der Waals surface area contributed by atoms with E-state index in [0.717, 1.165) is 18.4 Å². The minimum Gasteiger partial charge on any atom is -0.458 e. The van der Waals surface area contributed by atoms with Gasteiger partial charge in [0.15, 0.2) is 0 Å². The van der Waals surface area contributed by atoms with Gasteiger partial charge in [-0.15, -0.1) is 0 Å². The molecule has 22 heavy (non-hydrogen) atoms. The third kappa shape index (κ3) is 2.70. The third-order valence-corrected chi connectivity index (χ3v) is 4.87. The van der Waals surface area contributed by atoms with Gasteiger partial charge in [-0.1, -0.05) is 12.2 Å². The van der Waals surface area contributed by atoms with Gasteiger partial charge < -0.3 is 14.2 Å². The van der Waals surface area contributed by atoms with E-state index >= 15 is 0 Å². The second-order valence-electron chi connectivity index (χ2n) is 6.74. The van der Waals surface area contributed by atoms with E-state index in [2.05, 4.69) is 6.58 Å².